The summed E-state index contributed by atoms with van der Waals surface area (Å²) in [6, 6.07) is 35.9. The van der Waals surface area contributed by atoms with Crippen LogP contribution in [0.5, 0.6) is 0 Å². The third kappa shape index (κ3) is 3.24. The molecule has 0 N–H and O–H groups in total. The Bertz CT molecular complexity index is 1860. The monoisotopic (exact) mass is 492 g/mol. The second kappa shape index (κ2) is 8.29. The summed E-state index contributed by atoms with van der Waals surface area (Å²) < 4.78 is 2.12. The van der Waals surface area contributed by atoms with E-state index in [1.165, 1.54) is 16.0 Å². The van der Waals surface area contributed by atoms with Gasteiger partial charge in [-0.15, -0.1) is 0 Å². The average Bonchev–Trinajstić information content (AvgIpc) is 3.39. The fourth-order valence-corrected chi connectivity index (χ4v) is 5.63. The van der Waals surface area contributed by atoms with Gasteiger partial charge in [-0.05, 0) is 73.5 Å². The van der Waals surface area contributed by atoms with Crippen molar-refractivity contribution in [1.82, 2.24) is 4.57 Å². The van der Waals surface area contributed by atoms with Gasteiger partial charge < -0.3 is 4.57 Å². The summed E-state index contributed by atoms with van der Waals surface area (Å²) in [7, 11) is 0. The van der Waals surface area contributed by atoms with E-state index in [0.29, 0.717) is 16.8 Å². The fraction of sp³-hybridized carbons (Fsp3) is 0.0588. The van der Waals surface area contributed by atoms with Crippen LogP contribution >= 0.6 is 0 Å². The number of hydrogen-bond acceptors (Lipinski definition) is 2. The Labute approximate surface area is 220 Å². The SMILES string of the molecule is Cc1ccc2c(c1)c1cc(C)ccc1n2-c1cccc2c1C(=O)N(c1ccc(-c3ccccc3)cc1)C2=O. The molecular formula is C34H24N2O2. The summed E-state index contributed by atoms with van der Waals surface area (Å²) in [5.74, 6) is -0.603. The van der Waals surface area contributed by atoms with Crippen LogP contribution in [0.15, 0.2) is 109 Å². The highest BCUT2D eigenvalue weighted by molar-refractivity contribution is 6.35. The minimum atomic E-state index is -0.303. The number of aryl methyl sites for hydroxylation is 2. The summed E-state index contributed by atoms with van der Waals surface area (Å²) >= 11 is 0. The van der Waals surface area contributed by atoms with E-state index in [0.717, 1.165) is 38.6 Å². The Balaban J connectivity index is 1.39. The van der Waals surface area contributed by atoms with Gasteiger partial charge >= 0.3 is 0 Å². The van der Waals surface area contributed by atoms with Gasteiger partial charge in [0.05, 0.1) is 33.5 Å². The zero-order valence-corrected chi connectivity index (χ0v) is 21.1. The highest BCUT2D eigenvalue weighted by Gasteiger charge is 2.39. The fourth-order valence-electron chi connectivity index (χ4n) is 5.63. The molecule has 38 heavy (non-hydrogen) atoms. The summed E-state index contributed by atoms with van der Waals surface area (Å²) in [5, 5.41) is 2.26. The molecule has 0 aliphatic carbocycles. The molecular weight excluding hydrogens is 468 g/mol. The molecule has 4 heteroatoms. The zero-order chi connectivity index (χ0) is 26.0. The maximum atomic E-state index is 14.0. The van der Waals surface area contributed by atoms with Crippen molar-refractivity contribution < 1.29 is 9.59 Å². The average molecular weight is 493 g/mol. The lowest BCUT2D eigenvalue weighted by Crippen LogP contribution is -2.29. The van der Waals surface area contributed by atoms with Crippen molar-refractivity contribution in [3.63, 3.8) is 0 Å². The molecule has 0 fully saturated rings. The molecule has 7 rings (SSSR count). The number of carbonyl (C=O) groups excluding carboxylic acids is 2. The van der Waals surface area contributed by atoms with Gasteiger partial charge in [0.25, 0.3) is 11.8 Å². The molecule has 0 radical (unpaired) electrons. The number of nitrogens with zero attached hydrogens (tertiary/aromatic N) is 2. The van der Waals surface area contributed by atoms with Crippen LogP contribution in [0.1, 0.15) is 31.8 Å². The molecule has 0 atom stereocenters. The number of hydrogen-bond donors (Lipinski definition) is 0. The number of carbonyl (C=O) groups is 2. The largest absolute Gasteiger partial charge is 0.308 e. The first-order chi connectivity index (χ1) is 18.5. The normalized spacial score (nSPS) is 13.1. The first kappa shape index (κ1) is 22.3. The van der Waals surface area contributed by atoms with Gasteiger partial charge in [0.15, 0.2) is 0 Å². The number of rotatable bonds is 3. The van der Waals surface area contributed by atoms with Gasteiger partial charge in [0.2, 0.25) is 0 Å². The lowest BCUT2D eigenvalue weighted by atomic mass is 10.1. The smallest absolute Gasteiger partial charge is 0.268 e. The first-order valence-corrected chi connectivity index (χ1v) is 12.7. The number of anilines is 1. The lowest BCUT2D eigenvalue weighted by Gasteiger charge is -2.15. The minimum absolute atomic E-state index is 0.299. The lowest BCUT2D eigenvalue weighted by molar-refractivity contribution is 0.0926. The van der Waals surface area contributed by atoms with Crippen LogP contribution in [0, 0.1) is 13.8 Å². The van der Waals surface area contributed by atoms with Gasteiger partial charge in [-0.25, -0.2) is 4.90 Å². The molecule has 1 aliphatic rings. The molecule has 0 saturated carbocycles. The Morgan fingerprint density at radius 3 is 1.79 bits per heavy atom. The van der Waals surface area contributed by atoms with Crippen molar-refractivity contribution in [1.29, 1.82) is 0 Å². The minimum Gasteiger partial charge on any atom is -0.308 e. The molecule has 6 aromatic rings. The van der Waals surface area contributed by atoms with E-state index in [1.807, 2.05) is 66.7 Å². The molecule has 0 spiro atoms. The summed E-state index contributed by atoms with van der Waals surface area (Å²) in [4.78, 5) is 28.8. The summed E-state index contributed by atoms with van der Waals surface area (Å²) in [5.41, 5.74) is 8.63. The maximum Gasteiger partial charge on any atom is 0.268 e. The molecule has 1 aliphatic heterocycles. The third-order valence-corrected chi connectivity index (χ3v) is 7.44. The molecule has 2 amide bonds. The second-order valence-electron chi connectivity index (χ2n) is 9.93. The van der Waals surface area contributed by atoms with E-state index >= 15 is 0 Å². The Morgan fingerprint density at radius 1 is 0.553 bits per heavy atom. The van der Waals surface area contributed by atoms with E-state index < -0.39 is 0 Å². The van der Waals surface area contributed by atoms with E-state index in [1.54, 1.807) is 6.07 Å². The van der Waals surface area contributed by atoms with Crippen molar-refractivity contribution >= 4 is 39.3 Å². The van der Waals surface area contributed by atoms with Crippen molar-refractivity contribution in [2.75, 3.05) is 4.90 Å². The number of benzene rings is 5. The van der Waals surface area contributed by atoms with Crippen LogP contribution in [-0.2, 0) is 0 Å². The second-order valence-corrected chi connectivity index (χ2v) is 9.93. The predicted molar refractivity (Wildman–Crippen MR) is 153 cm³/mol. The van der Waals surface area contributed by atoms with Crippen LogP contribution in [0.4, 0.5) is 5.69 Å². The molecule has 4 nitrogen and oxygen atoms in total. The van der Waals surface area contributed by atoms with E-state index in [-0.39, 0.29) is 11.8 Å². The number of imide groups is 1. The van der Waals surface area contributed by atoms with Crippen molar-refractivity contribution in [2.24, 2.45) is 0 Å². The highest BCUT2D eigenvalue weighted by atomic mass is 16.2. The van der Waals surface area contributed by atoms with Crippen LogP contribution in [0.3, 0.4) is 0 Å². The molecule has 1 aromatic heterocycles. The first-order valence-electron chi connectivity index (χ1n) is 12.7. The van der Waals surface area contributed by atoms with Gasteiger partial charge in [0.1, 0.15) is 0 Å². The predicted octanol–water partition coefficient (Wildman–Crippen LogP) is 7.87. The van der Waals surface area contributed by atoms with Crippen molar-refractivity contribution in [2.45, 2.75) is 13.8 Å². The molecule has 0 saturated heterocycles. The molecule has 5 aromatic carbocycles. The van der Waals surface area contributed by atoms with Gasteiger partial charge in [-0.2, -0.15) is 0 Å². The van der Waals surface area contributed by atoms with Crippen LogP contribution in [0.2, 0.25) is 0 Å². The van der Waals surface area contributed by atoms with Crippen molar-refractivity contribution in [3.8, 4) is 16.8 Å². The van der Waals surface area contributed by atoms with E-state index in [2.05, 4.69) is 54.8 Å². The molecule has 182 valence electrons. The van der Waals surface area contributed by atoms with E-state index in [9.17, 15) is 9.59 Å². The van der Waals surface area contributed by atoms with Gasteiger partial charge in [-0.1, -0.05) is 71.8 Å². The maximum absolute atomic E-state index is 14.0. The number of aromatic nitrogens is 1. The number of amides is 2. The summed E-state index contributed by atoms with van der Waals surface area (Å²) in [6.07, 6.45) is 0. The Morgan fingerprint density at radius 2 is 1.16 bits per heavy atom. The quantitative estimate of drug-likeness (QED) is 0.236. The molecule has 2 heterocycles. The third-order valence-electron chi connectivity index (χ3n) is 7.44. The van der Waals surface area contributed by atoms with Crippen LogP contribution in [-0.4, -0.2) is 16.4 Å². The van der Waals surface area contributed by atoms with Crippen LogP contribution < -0.4 is 4.90 Å². The molecule has 0 unspecified atom stereocenters. The highest BCUT2D eigenvalue weighted by Crippen LogP contribution is 2.38. The standard InChI is InChI=1S/C34H24N2O2/c1-21-11-17-29-27(19-21)28-20-22(2)12-18-30(28)36(29)31-10-6-9-26-32(31)34(38)35(33(26)37)25-15-13-24(14-16-25)23-7-4-3-5-8-23/h3-20H,1-2H3. The topological polar surface area (TPSA) is 42.3 Å². The Hall–Kier alpha value is -4.96. The zero-order valence-electron chi connectivity index (χ0n) is 21.1. The number of fused-ring (bicyclic) bond motifs is 4. The van der Waals surface area contributed by atoms with Gasteiger partial charge in [-0.3, -0.25) is 9.59 Å². The van der Waals surface area contributed by atoms with Crippen LogP contribution in [0.25, 0.3) is 38.6 Å². The van der Waals surface area contributed by atoms with Crippen molar-refractivity contribution in [3.05, 3.63) is 131 Å². The van der Waals surface area contributed by atoms with Gasteiger partial charge in [0, 0.05) is 10.8 Å². The van der Waals surface area contributed by atoms with E-state index in [4.69, 9.17) is 0 Å². The summed E-state index contributed by atoms with van der Waals surface area (Å²) in [6.45, 7) is 4.17. The molecule has 0 bridgehead atoms. The Kier molecular flexibility index (Phi) is 4.85.